The molecule has 1 aromatic heterocycles. The van der Waals surface area contributed by atoms with Crippen LogP contribution in [0.1, 0.15) is 32.4 Å². The van der Waals surface area contributed by atoms with Crippen LogP contribution in [0, 0.1) is 12.3 Å². The molecule has 0 bridgehead atoms. The molecule has 1 aliphatic rings. The smallest absolute Gasteiger partial charge is 0.264 e. The Balaban J connectivity index is 1.72. The first-order chi connectivity index (χ1) is 13.6. The Morgan fingerprint density at radius 3 is 2.24 bits per heavy atom. The molecule has 1 aliphatic carbocycles. The lowest BCUT2D eigenvalue weighted by Gasteiger charge is -2.28. The molecule has 0 saturated heterocycles. The summed E-state index contributed by atoms with van der Waals surface area (Å²) >= 11 is 0. The van der Waals surface area contributed by atoms with Crippen molar-refractivity contribution in [2.45, 2.75) is 38.5 Å². The average Bonchev–Trinajstić information content (AvgIpc) is 2.60. The highest BCUT2D eigenvalue weighted by Crippen LogP contribution is 2.33. The van der Waals surface area contributed by atoms with E-state index in [1.165, 1.54) is 24.5 Å². The molecular weight excluding hydrogens is 392 g/mol. The van der Waals surface area contributed by atoms with Crippen molar-refractivity contribution in [3.05, 3.63) is 54.0 Å². The van der Waals surface area contributed by atoms with Gasteiger partial charge in [0.1, 0.15) is 0 Å². The molecule has 0 spiro atoms. The number of Topliss-reactive ketones (excluding diaryl/α,β-unsaturated/α-hetero) is 2. The fourth-order valence-corrected chi connectivity index (χ4v) is 3.95. The highest BCUT2D eigenvalue weighted by molar-refractivity contribution is 7.92. The van der Waals surface area contributed by atoms with Crippen LogP contribution in [0.3, 0.4) is 0 Å². The van der Waals surface area contributed by atoms with Crippen LogP contribution in [0.15, 0.2) is 53.2 Å². The van der Waals surface area contributed by atoms with Gasteiger partial charge in [-0.25, -0.2) is 23.1 Å². The third-order valence-corrected chi connectivity index (χ3v) is 5.79. The summed E-state index contributed by atoms with van der Waals surface area (Å²) in [4.78, 5) is 32.3. The minimum atomic E-state index is -3.84. The van der Waals surface area contributed by atoms with Crippen LogP contribution in [-0.2, 0) is 19.6 Å². The second-order valence-electron chi connectivity index (χ2n) is 7.72. The van der Waals surface area contributed by atoms with Gasteiger partial charge in [-0.3, -0.25) is 9.59 Å². The van der Waals surface area contributed by atoms with E-state index in [0.29, 0.717) is 24.2 Å². The SMILES string of the molecule is Cc1ccnc(NS(=O)(=O)c2ccc(NC=C3C(=O)CC(C)(C)CC3=O)cc2)n1. The topological polar surface area (TPSA) is 118 Å². The zero-order chi connectivity index (χ0) is 21.2. The molecule has 3 rings (SSSR count). The first kappa shape index (κ1) is 20.7. The number of hydrogen-bond donors (Lipinski definition) is 2. The number of rotatable bonds is 5. The molecule has 0 amide bonds. The molecule has 9 heteroatoms. The lowest BCUT2D eigenvalue weighted by Crippen LogP contribution is -2.31. The number of carbonyl (C=O) groups excluding carboxylic acids is 2. The van der Waals surface area contributed by atoms with Gasteiger partial charge in [0.15, 0.2) is 11.6 Å². The molecule has 8 nitrogen and oxygen atoms in total. The number of nitrogens with zero attached hydrogens (tertiary/aromatic N) is 2. The molecular formula is C20H22N4O4S. The monoisotopic (exact) mass is 414 g/mol. The van der Waals surface area contributed by atoms with Crippen molar-refractivity contribution in [2.75, 3.05) is 10.0 Å². The number of ketones is 2. The van der Waals surface area contributed by atoms with Crippen LogP contribution >= 0.6 is 0 Å². The second kappa shape index (κ2) is 7.75. The van der Waals surface area contributed by atoms with Gasteiger partial charge < -0.3 is 5.32 Å². The zero-order valence-corrected chi connectivity index (χ0v) is 17.2. The molecule has 1 heterocycles. The van der Waals surface area contributed by atoms with Gasteiger partial charge in [-0.1, -0.05) is 13.8 Å². The maximum absolute atomic E-state index is 12.5. The van der Waals surface area contributed by atoms with Gasteiger partial charge in [0.2, 0.25) is 5.95 Å². The van der Waals surface area contributed by atoms with Gasteiger partial charge in [0, 0.05) is 36.6 Å². The van der Waals surface area contributed by atoms with Crippen molar-refractivity contribution in [1.29, 1.82) is 0 Å². The molecule has 1 saturated carbocycles. The number of nitrogens with one attached hydrogen (secondary N) is 2. The van der Waals surface area contributed by atoms with E-state index in [1.807, 2.05) is 13.8 Å². The van der Waals surface area contributed by atoms with Crippen LogP contribution in [0.25, 0.3) is 0 Å². The Labute approximate surface area is 169 Å². The molecule has 1 fully saturated rings. The largest absolute Gasteiger partial charge is 0.361 e. The van der Waals surface area contributed by atoms with Gasteiger partial charge >= 0.3 is 0 Å². The Bertz CT molecular complexity index is 1070. The number of sulfonamides is 1. The van der Waals surface area contributed by atoms with E-state index in [0.717, 1.165) is 0 Å². The normalized spacial score (nSPS) is 16.4. The highest BCUT2D eigenvalue weighted by atomic mass is 32.2. The highest BCUT2D eigenvalue weighted by Gasteiger charge is 2.35. The van der Waals surface area contributed by atoms with Crippen molar-refractivity contribution in [1.82, 2.24) is 9.97 Å². The quantitative estimate of drug-likeness (QED) is 0.570. The summed E-state index contributed by atoms with van der Waals surface area (Å²) in [6.07, 6.45) is 3.49. The predicted octanol–water partition coefficient (Wildman–Crippen LogP) is 2.84. The minimum Gasteiger partial charge on any atom is -0.361 e. The Morgan fingerprint density at radius 1 is 1.03 bits per heavy atom. The van der Waals surface area contributed by atoms with Crippen molar-refractivity contribution < 1.29 is 18.0 Å². The number of aryl methyl sites for hydroxylation is 1. The Hall–Kier alpha value is -3.07. The second-order valence-corrected chi connectivity index (χ2v) is 9.40. The lowest BCUT2D eigenvalue weighted by atomic mass is 9.74. The van der Waals surface area contributed by atoms with Crippen LogP contribution < -0.4 is 10.0 Å². The predicted molar refractivity (Wildman–Crippen MR) is 109 cm³/mol. The maximum Gasteiger partial charge on any atom is 0.264 e. The first-order valence-electron chi connectivity index (χ1n) is 9.01. The molecule has 29 heavy (non-hydrogen) atoms. The summed E-state index contributed by atoms with van der Waals surface area (Å²) in [5, 5.41) is 2.89. The average molecular weight is 414 g/mol. The molecule has 1 aromatic carbocycles. The molecule has 2 N–H and O–H groups in total. The summed E-state index contributed by atoms with van der Waals surface area (Å²) in [5.74, 6) is -0.394. The number of aromatic nitrogens is 2. The van der Waals surface area contributed by atoms with E-state index >= 15 is 0 Å². The van der Waals surface area contributed by atoms with Crippen molar-refractivity contribution in [3.63, 3.8) is 0 Å². The third-order valence-electron chi connectivity index (χ3n) is 4.45. The van der Waals surface area contributed by atoms with Crippen LogP contribution in [-0.4, -0.2) is 30.0 Å². The van der Waals surface area contributed by atoms with E-state index in [1.54, 1.807) is 25.1 Å². The molecule has 0 aliphatic heterocycles. The van der Waals surface area contributed by atoms with Crippen molar-refractivity contribution in [3.8, 4) is 0 Å². The van der Waals surface area contributed by atoms with E-state index in [2.05, 4.69) is 20.0 Å². The van der Waals surface area contributed by atoms with E-state index in [9.17, 15) is 18.0 Å². The molecule has 0 atom stereocenters. The Kier molecular flexibility index (Phi) is 5.52. The fourth-order valence-electron chi connectivity index (χ4n) is 3.00. The molecule has 0 unspecified atom stereocenters. The number of anilines is 2. The summed E-state index contributed by atoms with van der Waals surface area (Å²) in [6.45, 7) is 5.52. The van der Waals surface area contributed by atoms with E-state index in [4.69, 9.17) is 0 Å². The number of hydrogen-bond acceptors (Lipinski definition) is 7. The molecule has 0 radical (unpaired) electrons. The van der Waals surface area contributed by atoms with Crippen molar-refractivity contribution >= 4 is 33.2 Å². The van der Waals surface area contributed by atoms with Crippen molar-refractivity contribution in [2.24, 2.45) is 5.41 Å². The number of carbonyl (C=O) groups is 2. The fraction of sp³-hybridized carbons (Fsp3) is 0.300. The van der Waals surface area contributed by atoms with Crippen LogP contribution in [0.2, 0.25) is 0 Å². The minimum absolute atomic E-state index is 0.00539. The van der Waals surface area contributed by atoms with Gasteiger partial charge in [0.25, 0.3) is 10.0 Å². The molecule has 152 valence electrons. The van der Waals surface area contributed by atoms with Gasteiger partial charge in [-0.15, -0.1) is 0 Å². The van der Waals surface area contributed by atoms with E-state index in [-0.39, 0.29) is 33.4 Å². The zero-order valence-electron chi connectivity index (χ0n) is 16.4. The summed E-state index contributed by atoms with van der Waals surface area (Å²) in [6, 6.07) is 7.57. The summed E-state index contributed by atoms with van der Waals surface area (Å²) in [7, 11) is -3.84. The third kappa shape index (κ3) is 5.05. The number of allylic oxidation sites excluding steroid dienone is 1. The lowest BCUT2D eigenvalue weighted by molar-refractivity contribution is -0.127. The standard InChI is InChI=1S/C20H22N4O4S/c1-13-8-9-21-19(23-13)24-29(27,28)15-6-4-14(5-7-15)22-12-16-17(25)10-20(2,3)11-18(16)26/h4-9,12,22H,10-11H2,1-3H3,(H,21,23,24). The van der Waals surface area contributed by atoms with Crippen LogP contribution in [0.5, 0.6) is 0 Å². The first-order valence-corrected chi connectivity index (χ1v) is 10.5. The maximum atomic E-state index is 12.5. The summed E-state index contributed by atoms with van der Waals surface area (Å²) in [5.41, 5.74) is 1.00. The van der Waals surface area contributed by atoms with Gasteiger partial charge in [0.05, 0.1) is 10.5 Å². The molecule has 2 aromatic rings. The van der Waals surface area contributed by atoms with Crippen LogP contribution in [0.4, 0.5) is 11.6 Å². The number of benzene rings is 1. The van der Waals surface area contributed by atoms with E-state index < -0.39 is 10.0 Å². The summed E-state index contributed by atoms with van der Waals surface area (Å²) < 4.78 is 27.3. The van der Waals surface area contributed by atoms with Gasteiger partial charge in [-0.2, -0.15) is 0 Å². The Morgan fingerprint density at radius 2 is 1.66 bits per heavy atom. The van der Waals surface area contributed by atoms with Gasteiger partial charge in [-0.05, 0) is 42.7 Å².